The standard InChI is InChI=1S/C18H17N2O11P/c21-12(9-29-32(26,27)28)6-11-7-17(24)30-14-2-1-10(5-13(11)14)8-19-18(25)31-20-15(22)3-4-16(20)23/h1-2,5,7H,3-4,6,8-9H2,(H,19,25)(H2,26,27,28). The molecule has 3 rings (SSSR count). The van der Waals surface area contributed by atoms with Crippen molar-refractivity contribution in [2.45, 2.75) is 25.8 Å². The van der Waals surface area contributed by atoms with Gasteiger partial charge in [-0.05, 0) is 23.3 Å². The number of carbonyl (C=O) groups excluding carboxylic acids is 4. The molecule has 3 N–H and O–H groups in total. The van der Waals surface area contributed by atoms with Crippen molar-refractivity contribution < 1.29 is 47.3 Å². The largest absolute Gasteiger partial charge is 0.470 e. The number of nitrogens with zero attached hydrogens (tertiary/aromatic N) is 1. The van der Waals surface area contributed by atoms with Crippen molar-refractivity contribution in [1.82, 2.24) is 10.4 Å². The molecule has 1 aliphatic heterocycles. The van der Waals surface area contributed by atoms with Crippen molar-refractivity contribution in [2.75, 3.05) is 6.61 Å². The fraction of sp³-hybridized carbons (Fsp3) is 0.278. The van der Waals surface area contributed by atoms with Gasteiger partial charge in [0.05, 0.1) is 0 Å². The van der Waals surface area contributed by atoms with Gasteiger partial charge < -0.3 is 24.4 Å². The molecule has 0 radical (unpaired) electrons. The summed E-state index contributed by atoms with van der Waals surface area (Å²) in [6.45, 7) is -0.939. The molecule has 32 heavy (non-hydrogen) atoms. The van der Waals surface area contributed by atoms with Gasteiger partial charge in [-0.1, -0.05) is 6.07 Å². The number of hydrogen-bond acceptors (Lipinski definition) is 9. The average Bonchev–Trinajstić information content (AvgIpc) is 3.02. The second-order valence-corrected chi connectivity index (χ2v) is 7.95. The lowest BCUT2D eigenvalue weighted by atomic mass is 10.0. The van der Waals surface area contributed by atoms with Gasteiger partial charge in [0, 0.05) is 37.3 Å². The third-order valence-corrected chi connectivity index (χ3v) is 4.76. The molecule has 0 aliphatic carbocycles. The molecule has 14 heteroatoms. The first kappa shape index (κ1) is 23.3. The number of nitrogens with one attached hydrogen (secondary N) is 1. The Balaban J connectivity index is 1.71. The smallest absolute Gasteiger partial charge is 0.423 e. The molecule has 2 heterocycles. The van der Waals surface area contributed by atoms with Crippen LogP contribution in [0.15, 0.2) is 33.5 Å². The van der Waals surface area contributed by atoms with E-state index < -0.39 is 43.7 Å². The SMILES string of the molecule is O=C(COP(=O)(O)O)Cc1cc(=O)oc2ccc(CNC(=O)ON3C(=O)CCC3=O)cc12. The van der Waals surface area contributed by atoms with Crippen LogP contribution in [-0.2, 0) is 41.3 Å². The lowest BCUT2D eigenvalue weighted by Gasteiger charge is -2.13. The number of hydrogen-bond donors (Lipinski definition) is 3. The second kappa shape index (κ2) is 9.40. The van der Waals surface area contributed by atoms with Crippen molar-refractivity contribution in [2.24, 2.45) is 0 Å². The van der Waals surface area contributed by atoms with Gasteiger partial charge in [-0.15, -0.1) is 5.06 Å². The molecule has 1 aromatic heterocycles. The summed E-state index contributed by atoms with van der Waals surface area (Å²) in [5, 5.41) is 3.12. The highest BCUT2D eigenvalue weighted by atomic mass is 31.2. The highest BCUT2D eigenvalue weighted by Crippen LogP contribution is 2.35. The zero-order valence-electron chi connectivity index (χ0n) is 16.3. The van der Waals surface area contributed by atoms with Crippen LogP contribution in [0.2, 0.25) is 0 Å². The Kier molecular flexibility index (Phi) is 6.84. The number of phosphoric ester groups is 1. The summed E-state index contributed by atoms with van der Waals surface area (Å²) < 4.78 is 20.0. The van der Waals surface area contributed by atoms with Gasteiger partial charge in [-0.2, -0.15) is 0 Å². The van der Waals surface area contributed by atoms with Crippen molar-refractivity contribution in [3.05, 3.63) is 45.8 Å². The van der Waals surface area contributed by atoms with Crippen LogP contribution in [0.1, 0.15) is 24.0 Å². The zero-order valence-corrected chi connectivity index (χ0v) is 17.2. The van der Waals surface area contributed by atoms with E-state index >= 15 is 0 Å². The number of phosphoric acid groups is 1. The number of Topliss-reactive ketones (excluding diaryl/α,β-unsaturated/α-hetero) is 1. The number of benzene rings is 1. The highest BCUT2D eigenvalue weighted by molar-refractivity contribution is 7.46. The summed E-state index contributed by atoms with van der Waals surface area (Å²) in [6, 6.07) is 5.55. The lowest BCUT2D eigenvalue weighted by molar-refractivity contribution is -0.171. The first-order valence-electron chi connectivity index (χ1n) is 9.11. The molecule has 1 fully saturated rings. The minimum Gasteiger partial charge on any atom is -0.423 e. The van der Waals surface area contributed by atoms with E-state index in [9.17, 15) is 28.5 Å². The summed E-state index contributed by atoms with van der Waals surface area (Å²) in [5.74, 6) is -1.93. The predicted octanol–water partition coefficient (Wildman–Crippen LogP) is 0.304. The minimum atomic E-state index is -4.83. The van der Waals surface area contributed by atoms with Crippen LogP contribution in [0.5, 0.6) is 0 Å². The molecule has 0 saturated carbocycles. The maximum Gasteiger partial charge on any atom is 0.470 e. The van der Waals surface area contributed by atoms with E-state index in [0.717, 1.165) is 6.07 Å². The summed E-state index contributed by atoms with van der Waals surface area (Å²) >= 11 is 0. The van der Waals surface area contributed by atoms with E-state index in [1.807, 2.05) is 0 Å². The van der Waals surface area contributed by atoms with Crippen LogP contribution < -0.4 is 10.9 Å². The first-order valence-corrected chi connectivity index (χ1v) is 10.6. The molecule has 0 spiro atoms. The molecular formula is C18H17N2O11P. The summed E-state index contributed by atoms with van der Waals surface area (Å²) in [4.78, 5) is 80.7. The zero-order chi connectivity index (χ0) is 23.5. The number of carbonyl (C=O) groups is 4. The van der Waals surface area contributed by atoms with Crippen molar-refractivity contribution >= 4 is 42.5 Å². The Hall–Kier alpha value is -3.38. The molecule has 170 valence electrons. The van der Waals surface area contributed by atoms with Gasteiger partial charge in [0.2, 0.25) is 0 Å². The Morgan fingerprint density at radius 2 is 1.81 bits per heavy atom. The van der Waals surface area contributed by atoms with Gasteiger partial charge in [0.15, 0.2) is 5.78 Å². The number of hydroxylamine groups is 2. The van der Waals surface area contributed by atoms with Gasteiger partial charge in [-0.25, -0.2) is 14.2 Å². The molecule has 1 saturated heterocycles. The highest BCUT2D eigenvalue weighted by Gasteiger charge is 2.32. The van der Waals surface area contributed by atoms with Crippen LogP contribution in [0.3, 0.4) is 0 Å². The maximum absolute atomic E-state index is 12.0. The van der Waals surface area contributed by atoms with Crippen LogP contribution in [0.4, 0.5) is 4.79 Å². The fourth-order valence-corrected chi connectivity index (χ4v) is 3.21. The number of imide groups is 1. The molecule has 0 unspecified atom stereocenters. The monoisotopic (exact) mass is 468 g/mol. The fourth-order valence-electron chi connectivity index (χ4n) is 2.90. The molecular weight excluding hydrogens is 451 g/mol. The predicted molar refractivity (Wildman–Crippen MR) is 104 cm³/mol. The van der Waals surface area contributed by atoms with Crippen molar-refractivity contribution in [3.63, 3.8) is 0 Å². The quantitative estimate of drug-likeness (QED) is 0.274. The summed E-state index contributed by atoms with van der Waals surface area (Å²) in [6.07, 6.45) is -1.47. The molecule has 0 atom stereocenters. The van der Waals surface area contributed by atoms with E-state index in [1.165, 1.54) is 18.2 Å². The Labute approximate surface area is 179 Å². The van der Waals surface area contributed by atoms with Gasteiger partial charge in [0.1, 0.15) is 12.2 Å². The third-order valence-electron chi connectivity index (χ3n) is 4.29. The van der Waals surface area contributed by atoms with Crippen LogP contribution in [0.25, 0.3) is 11.0 Å². The Morgan fingerprint density at radius 3 is 2.47 bits per heavy atom. The van der Waals surface area contributed by atoms with Crippen molar-refractivity contribution in [3.8, 4) is 0 Å². The number of amides is 3. The summed E-state index contributed by atoms with van der Waals surface area (Å²) in [7, 11) is -4.83. The molecule has 1 aromatic carbocycles. The Bertz CT molecular complexity index is 1180. The average molecular weight is 468 g/mol. The minimum absolute atomic E-state index is 0.0390. The molecule has 0 bridgehead atoms. The van der Waals surface area contributed by atoms with Crippen LogP contribution >= 0.6 is 7.82 Å². The first-order chi connectivity index (χ1) is 15.0. The molecule has 13 nitrogen and oxygen atoms in total. The summed E-state index contributed by atoms with van der Waals surface area (Å²) in [5.41, 5.74) is 0.150. The van der Waals surface area contributed by atoms with E-state index in [1.54, 1.807) is 0 Å². The van der Waals surface area contributed by atoms with Gasteiger partial charge >= 0.3 is 19.5 Å². The number of ketones is 1. The van der Waals surface area contributed by atoms with Gasteiger partial charge in [-0.3, -0.25) is 18.9 Å². The molecule has 3 amide bonds. The van der Waals surface area contributed by atoms with Gasteiger partial charge in [0.25, 0.3) is 11.8 Å². The number of fused-ring (bicyclic) bond motifs is 1. The van der Waals surface area contributed by atoms with Crippen molar-refractivity contribution in [1.29, 1.82) is 0 Å². The van der Waals surface area contributed by atoms with E-state index in [2.05, 4.69) is 9.84 Å². The topological polar surface area (TPSA) is 190 Å². The number of rotatable bonds is 8. The molecule has 2 aromatic rings. The van der Waals surface area contributed by atoms with Crippen LogP contribution in [0, 0.1) is 0 Å². The maximum atomic E-state index is 12.0. The molecule has 1 aliphatic rings. The van der Waals surface area contributed by atoms with E-state index in [4.69, 9.17) is 19.0 Å². The van der Waals surface area contributed by atoms with E-state index in [0.29, 0.717) is 16.0 Å². The normalized spacial score (nSPS) is 14.1. The third kappa shape index (κ3) is 6.08. The second-order valence-electron chi connectivity index (χ2n) is 6.71. The van der Waals surface area contributed by atoms with Crippen LogP contribution in [-0.4, -0.2) is 45.1 Å². The van der Waals surface area contributed by atoms with E-state index in [-0.39, 0.29) is 37.0 Å². The Morgan fingerprint density at radius 1 is 1.12 bits per heavy atom. The lowest BCUT2D eigenvalue weighted by Crippen LogP contribution is -2.36.